The van der Waals surface area contributed by atoms with Gasteiger partial charge in [0, 0.05) is 12.2 Å². The molecule has 1 heterocycles. The van der Waals surface area contributed by atoms with Crippen LogP contribution in [-0.2, 0) is 10.0 Å². The lowest BCUT2D eigenvalue weighted by molar-refractivity contribution is 0.227. The van der Waals surface area contributed by atoms with Gasteiger partial charge in [-0.05, 0) is 12.0 Å². The predicted molar refractivity (Wildman–Crippen MR) is 60.2 cm³/mol. The molecular formula is C10H15FN2O3S. The van der Waals surface area contributed by atoms with Crippen molar-refractivity contribution in [3.8, 4) is 0 Å². The first kappa shape index (κ1) is 14.0. The molecule has 1 unspecified atom stereocenters. The van der Waals surface area contributed by atoms with Gasteiger partial charge in [0.15, 0.2) is 0 Å². The third-order valence-electron chi connectivity index (χ3n) is 2.30. The molecule has 0 saturated heterocycles. The van der Waals surface area contributed by atoms with E-state index in [1.165, 1.54) is 0 Å². The van der Waals surface area contributed by atoms with Crippen molar-refractivity contribution in [3.63, 3.8) is 0 Å². The molecule has 7 heteroatoms. The maximum atomic E-state index is 12.9. The molecule has 5 nitrogen and oxygen atoms in total. The quantitative estimate of drug-likeness (QED) is 0.810. The van der Waals surface area contributed by atoms with Crippen LogP contribution in [0.1, 0.15) is 13.8 Å². The van der Waals surface area contributed by atoms with Gasteiger partial charge in [-0.25, -0.2) is 17.5 Å². The number of nitrogens with zero attached hydrogens (tertiary/aromatic N) is 1. The summed E-state index contributed by atoms with van der Waals surface area (Å²) in [6, 6.07) is 0.271. The Kier molecular flexibility index (Phi) is 4.55. The molecule has 1 atom stereocenters. The van der Waals surface area contributed by atoms with Crippen molar-refractivity contribution in [2.75, 3.05) is 6.61 Å². The van der Waals surface area contributed by atoms with E-state index in [9.17, 15) is 12.8 Å². The molecule has 0 bridgehead atoms. The van der Waals surface area contributed by atoms with Crippen molar-refractivity contribution in [2.24, 2.45) is 5.92 Å². The fraction of sp³-hybridized carbons (Fsp3) is 0.500. The summed E-state index contributed by atoms with van der Waals surface area (Å²) >= 11 is 0. The molecule has 1 rings (SSSR count). The van der Waals surface area contributed by atoms with E-state index < -0.39 is 21.9 Å². The van der Waals surface area contributed by atoms with E-state index in [0.717, 1.165) is 18.5 Å². The van der Waals surface area contributed by atoms with Crippen LogP contribution in [0.5, 0.6) is 0 Å². The number of hydrogen-bond donors (Lipinski definition) is 2. The lowest BCUT2D eigenvalue weighted by atomic mass is 10.1. The largest absolute Gasteiger partial charge is 0.395 e. The molecule has 0 aromatic carbocycles. The van der Waals surface area contributed by atoms with Gasteiger partial charge in [0.05, 0.1) is 12.8 Å². The Bertz CT molecular complexity index is 476. The van der Waals surface area contributed by atoms with Gasteiger partial charge < -0.3 is 5.11 Å². The van der Waals surface area contributed by atoms with Gasteiger partial charge in [0.1, 0.15) is 10.7 Å². The van der Waals surface area contributed by atoms with Crippen LogP contribution in [0.3, 0.4) is 0 Å². The third kappa shape index (κ3) is 3.72. The molecule has 0 aliphatic carbocycles. The van der Waals surface area contributed by atoms with Crippen molar-refractivity contribution in [1.29, 1.82) is 0 Å². The number of halogens is 1. The number of aromatic nitrogens is 1. The van der Waals surface area contributed by atoms with Gasteiger partial charge in [0.2, 0.25) is 10.0 Å². The molecule has 0 aliphatic heterocycles. The van der Waals surface area contributed by atoms with Gasteiger partial charge in [-0.3, -0.25) is 4.98 Å². The zero-order valence-corrected chi connectivity index (χ0v) is 10.4. The van der Waals surface area contributed by atoms with Gasteiger partial charge in [-0.1, -0.05) is 13.8 Å². The minimum atomic E-state index is -3.85. The average molecular weight is 262 g/mol. The first-order valence-electron chi connectivity index (χ1n) is 5.10. The molecule has 0 saturated carbocycles. The Balaban J connectivity index is 2.96. The van der Waals surface area contributed by atoms with Gasteiger partial charge in [-0.15, -0.1) is 0 Å². The van der Waals surface area contributed by atoms with Crippen LogP contribution in [0.4, 0.5) is 4.39 Å². The van der Waals surface area contributed by atoms with Crippen LogP contribution in [-0.4, -0.2) is 31.2 Å². The van der Waals surface area contributed by atoms with E-state index in [1.54, 1.807) is 13.8 Å². The zero-order chi connectivity index (χ0) is 13.1. The molecule has 17 heavy (non-hydrogen) atoms. The number of rotatable bonds is 5. The number of nitrogens with one attached hydrogen (secondary N) is 1. The summed E-state index contributed by atoms with van der Waals surface area (Å²) in [5.41, 5.74) is 0. The highest BCUT2D eigenvalue weighted by atomic mass is 32.2. The zero-order valence-electron chi connectivity index (χ0n) is 9.59. The normalized spacial score (nSPS) is 13.9. The fourth-order valence-electron chi connectivity index (χ4n) is 1.19. The number of aliphatic hydroxyl groups is 1. The Hall–Kier alpha value is -1.05. The Labute approximate surface area is 99.7 Å². The number of pyridine rings is 1. The molecule has 0 aliphatic rings. The molecule has 1 aromatic heterocycles. The molecule has 0 radical (unpaired) electrons. The molecule has 2 N–H and O–H groups in total. The van der Waals surface area contributed by atoms with Crippen LogP contribution in [0.25, 0.3) is 0 Å². The van der Waals surface area contributed by atoms with Crippen LogP contribution in [0.2, 0.25) is 0 Å². The van der Waals surface area contributed by atoms with Crippen LogP contribution in [0.15, 0.2) is 23.4 Å². The van der Waals surface area contributed by atoms with Crippen molar-refractivity contribution in [1.82, 2.24) is 9.71 Å². The summed E-state index contributed by atoms with van der Waals surface area (Å²) < 4.78 is 38.8. The lowest BCUT2D eigenvalue weighted by Gasteiger charge is -2.19. The van der Waals surface area contributed by atoms with E-state index in [0.29, 0.717) is 0 Å². The van der Waals surface area contributed by atoms with Gasteiger partial charge >= 0.3 is 0 Å². The van der Waals surface area contributed by atoms with Crippen molar-refractivity contribution >= 4 is 10.0 Å². The summed E-state index contributed by atoms with van der Waals surface area (Å²) in [7, 11) is -3.85. The summed E-state index contributed by atoms with van der Waals surface area (Å²) in [5, 5.41) is 9.04. The van der Waals surface area contributed by atoms with Crippen molar-refractivity contribution < 1.29 is 17.9 Å². The standard InChI is InChI=1S/C10H15FN2O3S/c1-7(2)10(6-14)13-17(15,16)9-3-8(11)4-12-5-9/h3-5,7,10,13-14H,6H2,1-2H3. The summed E-state index contributed by atoms with van der Waals surface area (Å²) in [6.07, 6.45) is 1.98. The summed E-state index contributed by atoms with van der Waals surface area (Å²) in [4.78, 5) is 3.22. The topological polar surface area (TPSA) is 79.3 Å². The average Bonchev–Trinajstić information content (AvgIpc) is 2.25. The van der Waals surface area contributed by atoms with Crippen LogP contribution in [0, 0.1) is 11.7 Å². The fourth-order valence-corrected chi connectivity index (χ4v) is 2.54. The van der Waals surface area contributed by atoms with E-state index in [4.69, 9.17) is 5.11 Å². The Morgan fingerprint density at radius 2 is 2.12 bits per heavy atom. The van der Waals surface area contributed by atoms with Crippen LogP contribution < -0.4 is 4.72 Å². The molecule has 0 spiro atoms. The Morgan fingerprint density at radius 1 is 1.47 bits per heavy atom. The van der Waals surface area contributed by atoms with E-state index >= 15 is 0 Å². The minimum absolute atomic E-state index is 0.0729. The monoisotopic (exact) mass is 262 g/mol. The maximum Gasteiger partial charge on any atom is 0.242 e. The summed E-state index contributed by atoms with van der Waals surface area (Å²) in [6.45, 7) is 3.22. The minimum Gasteiger partial charge on any atom is -0.395 e. The smallest absolute Gasteiger partial charge is 0.242 e. The highest BCUT2D eigenvalue weighted by Crippen LogP contribution is 2.11. The maximum absolute atomic E-state index is 12.9. The first-order chi connectivity index (χ1) is 7.86. The highest BCUT2D eigenvalue weighted by molar-refractivity contribution is 7.89. The van der Waals surface area contributed by atoms with Gasteiger partial charge in [0.25, 0.3) is 0 Å². The SMILES string of the molecule is CC(C)C(CO)NS(=O)(=O)c1cncc(F)c1. The molecule has 0 amide bonds. The second kappa shape index (κ2) is 5.52. The number of hydrogen-bond acceptors (Lipinski definition) is 4. The summed E-state index contributed by atoms with van der Waals surface area (Å²) in [5.74, 6) is -0.797. The molecule has 96 valence electrons. The molecule has 1 aromatic rings. The molecule has 0 fully saturated rings. The second-order valence-corrected chi connectivity index (χ2v) is 5.71. The van der Waals surface area contributed by atoms with Gasteiger partial charge in [-0.2, -0.15) is 0 Å². The predicted octanol–water partition coefficient (Wildman–Crippen LogP) is 0.516. The van der Waals surface area contributed by atoms with Crippen LogP contribution >= 0.6 is 0 Å². The van der Waals surface area contributed by atoms with E-state index in [1.807, 2.05) is 0 Å². The number of sulfonamides is 1. The molecular weight excluding hydrogens is 247 g/mol. The highest BCUT2D eigenvalue weighted by Gasteiger charge is 2.22. The van der Waals surface area contributed by atoms with E-state index in [-0.39, 0.29) is 17.4 Å². The third-order valence-corrected chi connectivity index (χ3v) is 3.75. The van der Waals surface area contributed by atoms with Crippen molar-refractivity contribution in [2.45, 2.75) is 24.8 Å². The number of aliphatic hydroxyl groups excluding tert-OH is 1. The Morgan fingerprint density at radius 3 is 2.59 bits per heavy atom. The second-order valence-electron chi connectivity index (χ2n) is 3.99. The first-order valence-corrected chi connectivity index (χ1v) is 6.59. The van der Waals surface area contributed by atoms with Crippen molar-refractivity contribution in [3.05, 3.63) is 24.3 Å². The van der Waals surface area contributed by atoms with E-state index in [2.05, 4.69) is 9.71 Å². The lowest BCUT2D eigenvalue weighted by Crippen LogP contribution is -2.41.